The van der Waals surface area contributed by atoms with Crippen molar-refractivity contribution in [1.29, 1.82) is 0 Å². The summed E-state index contributed by atoms with van der Waals surface area (Å²) in [5.41, 5.74) is 1.50. The van der Waals surface area contributed by atoms with Crippen LogP contribution in [-0.4, -0.2) is 50.9 Å². The summed E-state index contributed by atoms with van der Waals surface area (Å²) in [6, 6.07) is 11.5. The largest absolute Gasteiger partial charge is 0.493 e. The van der Waals surface area contributed by atoms with Gasteiger partial charge in [0.2, 0.25) is 0 Å². The van der Waals surface area contributed by atoms with Gasteiger partial charge in [-0.3, -0.25) is 14.5 Å². The van der Waals surface area contributed by atoms with E-state index in [0.29, 0.717) is 27.5 Å². The van der Waals surface area contributed by atoms with E-state index in [9.17, 15) is 14.4 Å². The summed E-state index contributed by atoms with van der Waals surface area (Å²) in [4.78, 5) is 35.7. The third-order valence-electron chi connectivity index (χ3n) is 4.22. The van der Waals surface area contributed by atoms with Gasteiger partial charge in [0.15, 0.2) is 11.5 Å². The number of thioether (sulfide) groups is 1. The van der Waals surface area contributed by atoms with Crippen molar-refractivity contribution in [2.75, 3.05) is 13.7 Å². The molecule has 0 spiro atoms. The number of nitrogens with zero attached hydrogens (tertiary/aromatic N) is 1. The van der Waals surface area contributed by atoms with Crippen molar-refractivity contribution in [3.8, 4) is 11.5 Å². The van der Waals surface area contributed by atoms with Gasteiger partial charge in [0.05, 0.1) is 17.6 Å². The number of methoxy groups -OCH3 is 1. The fourth-order valence-corrected chi connectivity index (χ4v) is 4.03. The monoisotopic (exact) mass is 459 g/mol. The summed E-state index contributed by atoms with van der Waals surface area (Å²) in [5, 5.41) is 18.0. The SMILES string of the molecule is COc1cc(/C=C2\SC(=S)N(CC(=O)O)C2=O)ccc1OCc1cccc(C(=O)O)c1. The number of carboxylic acid groups (broad SMARTS) is 2. The van der Waals surface area contributed by atoms with Gasteiger partial charge in [-0.25, -0.2) is 4.79 Å². The van der Waals surface area contributed by atoms with Crippen molar-refractivity contribution in [1.82, 2.24) is 4.90 Å². The van der Waals surface area contributed by atoms with Crippen LogP contribution in [0, 0.1) is 0 Å². The lowest BCUT2D eigenvalue weighted by atomic mass is 10.1. The van der Waals surface area contributed by atoms with Crippen LogP contribution >= 0.6 is 24.0 Å². The fourth-order valence-electron chi connectivity index (χ4n) is 2.77. The van der Waals surface area contributed by atoms with E-state index < -0.39 is 24.4 Å². The van der Waals surface area contributed by atoms with Gasteiger partial charge >= 0.3 is 11.9 Å². The van der Waals surface area contributed by atoms with Crippen LogP contribution in [0.2, 0.25) is 0 Å². The highest BCUT2D eigenvalue weighted by Gasteiger charge is 2.33. The molecule has 31 heavy (non-hydrogen) atoms. The number of hydrogen-bond acceptors (Lipinski definition) is 7. The van der Waals surface area contributed by atoms with Gasteiger partial charge in [0.25, 0.3) is 5.91 Å². The first-order chi connectivity index (χ1) is 14.8. The Balaban J connectivity index is 1.76. The predicted octanol–water partition coefficient (Wildman–Crippen LogP) is 3.26. The topological polar surface area (TPSA) is 113 Å². The first-order valence-electron chi connectivity index (χ1n) is 8.88. The van der Waals surface area contributed by atoms with Gasteiger partial charge in [-0.05, 0) is 41.5 Å². The van der Waals surface area contributed by atoms with Crippen LogP contribution in [0.4, 0.5) is 0 Å². The lowest BCUT2D eigenvalue weighted by Gasteiger charge is -2.12. The lowest BCUT2D eigenvalue weighted by molar-refractivity contribution is -0.140. The number of rotatable bonds is 8. The Morgan fingerprint density at radius 3 is 2.61 bits per heavy atom. The highest BCUT2D eigenvalue weighted by Crippen LogP contribution is 2.34. The molecule has 0 aliphatic carbocycles. The van der Waals surface area contributed by atoms with E-state index in [2.05, 4.69) is 0 Å². The van der Waals surface area contributed by atoms with E-state index in [1.54, 1.807) is 36.4 Å². The molecule has 0 bridgehead atoms. The fraction of sp³-hybridized carbons (Fsp3) is 0.143. The van der Waals surface area contributed by atoms with E-state index in [1.165, 1.54) is 19.2 Å². The third kappa shape index (κ3) is 5.41. The Labute approximate surface area is 187 Å². The number of thiocarbonyl (C=S) groups is 1. The Hall–Kier alpha value is -3.37. The molecule has 2 N–H and O–H groups in total. The van der Waals surface area contributed by atoms with Gasteiger partial charge in [-0.15, -0.1) is 0 Å². The molecule has 0 saturated carbocycles. The summed E-state index contributed by atoms with van der Waals surface area (Å²) in [6.07, 6.45) is 1.60. The van der Waals surface area contributed by atoms with Crippen LogP contribution in [0.3, 0.4) is 0 Å². The van der Waals surface area contributed by atoms with Crippen molar-refractivity contribution in [3.63, 3.8) is 0 Å². The molecular weight excluding hydrogens is 442 g/mol. The quantitative estimate of drug-likeness (QED) is 0.453. The molecule has 10 heteroatoms. The standard InChI is InChI=1S/C21H17NO7S2/c1-28-16-8-12(9-17-19(25)22(10-18(23)24)21(30)31-17)5-6-15(16)29-11-13-3-2-4-14(7-13)20(26)27/h2-9H,10-11H2,1H3,(H,23,24)(H,26,27)/b17-9-. The highest BCUT2D eigenvalue weighted by molar-refractivity contribution is 8.26. The number of aliphatic carboxylic acids is 1. The summed E-state index contributed by atoms with van der Waals surface area (Å²) in [5.74, 6) is -1.76. The summed E-state index contributed by atoms with van der Waals surface area (Å²) in [6.45, 7) is -0.341. The van der Waals surface area contributed by atoms with Gasteiger partial charge in [0, 0.05) is 0 Å². The summed E-state index contributed by atoms with van der Waals surface area (Å²) < 4.78 is 11.3. The first-order valence-corrected chi connectivity index (χ1v) is 10.1. The molecule has 1 saturated heterocycles. The molecule has 2 aromatic rings. The zero-order valence-electron chi connectivity index (χ0n) is 16.2. The zero-order chi connectivity index (χ0) is 22.5. The molecule has 0 aromatic heterocycles. The first kappa shape index (κ1) is 22.3. The second-order valence-corrected chi connectivity index (χ2v) is 8.04. The lowest BCUT2D eigenvalue weighted by Crippen LogP contribution is -2.33. The Kier molecular flexibility index (Phi) is 6.93. The van der Waals surface area contributed by atoms with Crippen LogP contribution in [0.1, 0.15) is 21.5 Å². The summed E-state index contributed by atoms with van der Waals surface area (Å²) >= 11 is 6.12. The molecule has 1 amide bonds. The smallest absolute Gasteiger partial charge is 0.335 e. The van der Waals surface area contributed by atoms with Gasteiger partial charge in [-0.1, -0.05) is 42.2 Å². The number of carbonyl (C=O) groups excluding carboxylic acids is 1. The normalized spacial score (nSPS) is 14.7. The maximum Gasteiger partial charge on any atom is 0.335 e. The number of carboxylic acids is 2. The number of hydrogen-bond donors (Lipinski definition) is 2. The van der Waals surface area contributed by atoms with Crippen molar-refractivity contribution in [2.45, 2.75) is 6.61 Å². The van der Waals surface area contributed by atoms with E-state index in [0.717, 1.165) is 16.7 Å². The van der Waals surface area contributed by atoms with Crippen LogP contribution in [0.25, 0.3) is 6.08 Å². The predicted molar refractivity (Wildman–Crippen MR) is 118 cm³/mol. The number of benzene rings is 2. The van der Waals surface area contributed by atoms with Gasteiger partial charge in [-0.2, -0.15) is 0 Å². The van der Waals surface area contributed by atoms with E-state index in [1.807, 2.05) is 0 Å². The Bertz CT molecular complexity index is 1100. The molecule has 3 rings (SSSR count). The summed E-state index contributed by atoms with van der Waals surface area (Å²) in [7, 11) is 1.48. The van der Waals surface area contributed by atoms with Crippen LogP contribution in [0.15, 0.2) is 47.4 Å². The molecule has 1 aliphatic heterocycles. The van der Waals surface area contributed by atoms with Crippen molar-refractivity contribution in [2.24, 2.45) is 0 Å². The molecule has 0 radical (unpaired) electrons. The Morgan fingerprint density at radius 2 is 1.94 bits per heavy atom. The Morgan fingerprint density at radius 1 is 1.16 bits per heavy atom. The maximum atomic E-state index is 12.4. The van der Waals surface area contributed by atoms with Crippen molar-refractivity contribution >= 4 is 52.2 Å². The molecule has 0 unspecified atom stereocenters. The van der Waals surface area contributed by atoms with Gasteiger partial charge in [0.1, 0.15) is 17.5 Å². The van der Waals surface area contributed by atoms with E-state index in [4.69, 9.17) is 31.9 Å². The molecule has 1 aliphatic rings. The third-order valence-corrected chi connectivity index (χ3v) is 5.60. The average Bonchev–Trinajstić information content (AvgIpc) is 2.99. The minimum Gasteiger partial charge on any atom is -0.493 e. The second kappa shape index (κ2) is 9.63. The van der Waals surface area contributed by atoms with Crippen LogP contribution in [-0.2, 0) is 16.2 Å². The molecule has 8 nitrogen and oxygen atoms in total. The molecule has 1 fully saturated rings. The van der Waals surface area contributed by atoms with Crippen LogP contribution in [0.5, 0.6) is 11.5 Å². The molecule has 1 heterocycles. The maximum absolute atomic E-state index is 12.4. The van der Waals surface area contributed by atoms with Crippen molar-refractivity contribution in [3.05, 3.63) is 64.1 Å². The van der Waals surface area contributed by atoms with Crippen LogP contribution < -0.4 is 9.47 Å². The number of carbonyl (C=O) groups is 3. The molecule has 0 atom stereocenters. The van der Waals surface area contributed by atoms with Crippen molar-refractivity contribution < 1.29 is 34.1 Å². The average molecular weight is 460 g/mol. The number of amides is 1. The van der Waals surface area contributed by atoms with Gasteiger partial charge < -0.3 is 19.7 Å². The second-order valence-electron chi connectivity index (χ2n) is 6.37. The van der Waals surface area contributed by atoms with E-state index in [-0.39, 0.29) is 16.5 Å². The molecular formula is C21H17NO7S2. The minimum absolute atomic E-state index is 0.144. The molecule has 2 aromatic carbocycles. The number of aromatic carboxylic acids is 1. The number of ether oxygens (including phenoxy) is 2. The molecule has 160 valence electrons. The minimum atomic E-state index is -1.14. The van der Waals surface area contributed by atoms with E-state index >= 15 is 0 Å². The zero-order valence-corrected chi connectivity index (χ0v) is 17.9. The highest BCUT2D eigenvalue weighted by atomic mass is 32.2.